The Kier molecular flexibility index (Phi) is 5.14. The highest BCUT2D eigenvalue weighted by atomic mass is 16.3. The molecule has 1 aliphatic rings. The number of unbranched alkanes of at least 4 members (excludes halogenated alkanes) is 1. The number of allylic oxidation sites excluding steroid dienone is 2. The zero-order valence-corrected chi connectivity index (χ0v) is 8.71. The SMILES string of the molecule is CCCC[C@@H]1CC/C=C\CC[C@H]1O. The maximum atomic E-state index is 9.87. The van der Waals surface area contributed by atoms with E-state index in [1.54, 1.807) is 0 Å². The van der Waals surface area contributed by atoms with Crippen LogP contribution in [-0.2, 0) is 0 Å². The van der Waals surface area contributed by atoms with Gasteiger partial charge in [0.15, 0.2) is 0 Å². The Morgan fingerprint density at radius 1 is 1.23 bits per heavy atom. The summed E-state index contributed by atoms with van der Waals surface area (Å²) < 4.78 is 0. The monoisotopic (exact) mass is 182 g/mol. The molecule has 0 fully saturated rings. The molecule has 1 aliphatic carbocycles. The van der Waals surface area contributed by atoms with Crippen molar-refractivity contribution in [3.63, 3.8) is 0 Å². The fourth-order valence-electron chi connectivity index (χ4n) is 2.04. The average molecular weight is 182 g/mol. The van der Waals surface area contributed by atoms with Crippen LogP contribution in [0.2, 0.25) is 0 Å². The lowest BCUT2D eigenvalue weighted by atomic mass is 9.87. The van der Waals surface area contributed by atoms with Crippen molar-refractivity contribution in [3.05, 3.63) is 12.2 Å². The predicted molar refractivity (Wildman–Crippen MR) is 56.6 cm³/mol. The van der Waals surface area contributed by atoms with E-state index in [1.807, 2.05) is 0 Å². The number of hydrogen-bond donors (Lipinski definition) is 1. The van der Waals surface area contributed by atoms with Gasteiger partial charge in [-0.15, -0.1) is 0 Å². The van der Waals surface area contributed by atoms with E-state index >= 15 is 0 Å². The fourth-order valence-corrected chi connectivity index (χ4v) is 2.04. The van der Waals surface area contributed by atoms with Crippen LogP contribution in [0.3, 0.4) is 0 Å². The highest BCUT2D eigenvalue weighted by Crippen LogP contribution is 2.24. The van der Waals surface area contributed by atoms with E-state index in [9.17, 15) is 5.11 Å². The van der Waals surface area contributed by atoms with Crippen molar-refractivity contribution in [2.75, 3.05) is 0 Å². The largest absolute Gasteiger partial charge is 0.393 e. The molecule has 76 valence electrons. The summed E-state index contributed by atoms with van der Waals surface area (Å²) >= 11 is 0. The van der Waals surface area contributed by atoms with Gasteiger partial charge in [-0.1, -0.05) is 31.9 Å². The van der Waals surface area contributed by atoms with Crippen LogP contribution in [0.15, 0.2) is 12.2 Å². The fraction of sp³-hybridized carbons (Fsp3) is 0.833. The Labute approximate surface area is 81.9 Å². The first-order valence-corrected chi connectivity index (χ1v) is 5.67. The minimum absolute atomic E-state index is 0.0449. The van der Waals surface area contributed by atoms with Gasteiger partial charge in [-0.3, -0.25) is 0 Å². The van der Waals surface area contributed by atoms with Crippen LogP contribution >= 0.6 is 0 Å². The molecule has 1 rings (SSSR count). The first-order chi connectivity index (χ1) is 6.34. The minimum atomic E-state index is -0.0449. The normalized spacial score (nSPS) is 32.2. The van der Waals surface area contributed by atoms with Crippen LogP contribution in [0.25, 0.3) is 0 Å². The lowest BCUT2D eigenvalue weighted by Gasteiger charge is -2.23. The van der Waals surface area contributed by atoms with Crippen molar-refractivity contribution in [3.8, 4) is 0 Å². The molecule has 0 aliphatic heterocycles. The number of rotatable bonds is 3. The molecule has 0 aromatic heterocycles. The van der Waals surface area contributed by atoms with Gasteiger partial charge in [-0.05, 0) is 38.0 Å². The van der Waals surface area contributed by atoms with E-state index in [2.05, 4.69) is 19.1 Å². The van der Waals surface area contributed by atoms with Crippen LogP contribution in [0, 0.1) is 5.92 Å². The van der Waals surface area contributed by atoms with Gasteiger partial charge in [0.25, 0.3) is 0 Å². The molecule has 0 saturated carbocycles. The molecule has 1 N–H and O–H groups in total. The quantitative estimate of drug-likeness (QED) is 0.664. The summed E-state index contributed by atoms with van der Waals surface area (Å²) in [4.78, 5) is 0. The highest BCUT2D eigenvalue weighted by molar-refractivity contribution is 4.87. The molecule has 0 unspecified atom stereocenters. The van der Waals surface area contributed by atoms with E-state index in [0.717, 1.165) is 19.3 Å². The van der Waals surface area contributed by atoms with Crippen molar-refractivity contribution in [1.82, 2.24) is 0 Å². The molecule has 1 nitrogen and oxygen atoms in total. The Hall–Kier alpha value is -0.300. The van der Waals surface area contributed by atoms with Crippen molar-refractivity contribution in [1.29, 1.82) is 0 Å². The molecule has 2 atom stereocenters. The van der Waals surface area contributed by atoms with E-state index in [0.29, 0.717) is 5.92 Å². The maximum Gasteiger partial charge on any atom is 0.0571 e. The average Bonchev–Trinajstić information content (AvgIpc) is 2.11. The molecule has 0 aromatic carbocycles. The Morgan fingerprint density at radius 2 is 1.92 bits per heavy atom. The van der Waals surface area contributed by atoms with E-state index in [4.69, 9.17) is 0 Å². The summed E-state index contributed by atoms with van der Waals surface area (Å²) in [6.45, 7) is 2.22. The molecule has 0 spiro atoms. The van der Waals surface area contributed by atoms with E-state index < -0.39 is 0 Å². The smallest absolute Gasteiger partial charge is 0.0571 e. The summed E-state index contributed by atoms with van der Waals surface area (Å²) in [6.07, 6.45) is 12.5. The van der Waals surface area contributed by atoms with Crippen molar-refractivity contribution in [2.45, 2.75) is 58.0 Å². The Balaban J connectivity index is 2.34. The second-order valence-corrected chi connectivity index (χ2v) is 4.10. The first kappa shape index (κ1) is 10.8. The van der Waals surface area contributed by atoms with Gasteiger partial charge >= 0.3 is 0 Å². The minimum Gasteiger partial charge on any atom is -0.393 e. The standard InChI is InChI=1S/C12H22O/c1-2-3-8-11-9-6-4-5-7-10-12(11)13/h4-5,11-13H,2-3,6-10H2,1H3/b5-4-/t11-,12-/m1/s1. The van der Waals surface area contributed by atoms with Gasteiger partial charge < -0.3 is 5.11 Å². The highest BCUT2D eigenvalue weighted by Gasteiger charge is 2.18. The lowest BCUT2D eigenvalue weighted by molar-refractivity contribution is 0.0876. The number of aliphatic hydroxyl groups is 1. The van der Waals surface area contributed by atoms with Gasteiger partial charge in [0.2, 0.25) is 0 Å². The zero-order valence-electron chi connectivity index (χ0n) is 8.71. The Morgan fingerprint density at radius 3 is 2.62 bits per heavy atom. The predicted octanol–water partition coefficient (Wildman–Crippen LogP) is 3.28. The van der Waals surface area contributed by atoms with Gasteiger partial charge in [-0.25, -0.2) is 0 Å². The first-order valence-electron chi connectivity index (χ1n) is 5.67. The molecule has 0 radical (unpaired) electrons. The Bertz CT molecular complexity index is 151. The van der Waals surface area contributed by atoms with Crippen LogP contribution in [0.5, 0.6) is 0 Å². The molecule has 0 heterocycles. The molecule has 13 heavy (non-hydrogen) atoms. The van der Waals surface area contributed by atoms with Gasteiger partial charge in [0.1, 0.15) is 0 Å². The van der Waals surface area contributed by atoms with Crippen molar-refractivity contribution < 1.29 is 5.11 Å². The summed E-state index contributed by atoms with van der Waals surface area (Å²) in [5, 5.41) is 9.87. The summed E-state index contributed by atoms with van der Waals surface area (Å²) in [6, 6.07) is 0. The maximum absolute atomic E-state index is 9.87. The third-order valence-corrected chi connectivity index (χ3v) is 2.97. The summed E-state index contributed by atoms with van der Waals surface area (Å²) in [5.74, 6) is 0.560. The second kappa shape index (κ2) is 6.20. The lowest BCUT2D eigenvalue weighted by Crippen LogP contribution is -2.21. The molecule has 0 bridgehead atoms. The molecular weight excluding hydrogens is 160 g/mol. The van der Waals surface area contributed by atoms with Crippen LogP contribution in [0.1, 0.15) is 51.9 Å². The van der Waals surface area contributed by atoms with Crippen LogP contribution < -0.4 is 0 Å². The third kappa shape index (κ3) is 3.95. The second-order valence-electron chi connectivity index (χ2n) is 4.10. The number of hydrogen-bond acceptors (Lipinski definition) is 1. The molecule has 0 aromatic rings. The zero-order chi connectivity index (χ0) is 9.52. The van der Waals surface area contributed by atoms with Crippen LogP contribution in [-0.4, -0.2) is 11.2 Å². The molecular formula is C12H22O. The van der Waals surface area contributed by atoms with E-state index in [1.165, 1.54) is 25.7 Å². The number of aliphatic hydroxyl groups excluding tert-OH is 1. The topological polar surface area (TPSA) is 20.2 Å². The molecule has 0 amide bonds. The molecule has 0 saturated heterocycles. The third-order valence-electron chi connectivity index (χ3n) is 2.97. The van der Waals surface area contributed by atoms with Crippen molar-refractivity contribution in [2.24, 2.45) is 5.92 Å². The van der Waals surface area contributed by atoms with Gasteiger partial charge in [-0.2, -0.15) is 0 Å². The van der Waals surface area contributed by atoms with Crippen molar-refractivity contribution >= 4 is 0 Å². The van der Waals surface area contributed by atoms with Gasteiger partial charge in [0, 0.05) is 0 Å². The van der Waals surface area contributed by atoms with E-state index in [-0.39, 0.29) is 6.10 Å². The summed E-state index contributed by atoms with van der Waals surface area (Å²) in [5.41, 5.74) is 0. The van der Waals surface area contributed by atoms with Gasteiger partial charge in [0.05, 0.1) is 6.10 Å². The molecule has 1 heteroatoms. The summed E-state index contributed by atoms with van der Waals surface area (Å²) in [7, 11) is 0. The van der Waals surface area contributed by atoms with Crippen LogP contribution in [0.4, 0.5) is 0 Å².